The standard InChI is InChI=1S/C59H55N4O.Pt/c1-35-20-38(4)58(39(5)21-35)43-29-48(62-34-61(7)54-14-10-11-15-55(54)62)32-50(30-43)64-49-16-17-52-51-12-8-9-13-53(51)63(56(52)33-49)57-31-44(18-19-60-57)59(45-22-36(2)40(6)37(3)23-45)46-25-41-24-42(27-46)28-47(59)26-41;/h8-23,29-31,34,41-42,46-47H,24-28H2,1-7H3;/q-3;. The van der Waals surface area contributed by atoms with Gasteiger partial charge in [-0.05, 0) is 185 Å². The maximum Gasteiger partial charge on any atom is 0.135 e. The van der Waals surface area contributed by atoms with Gasteiger partial charge in [0.15, 0.2) is 0 Å². The second-order valence-corrected chi connectivity index (χ2v) is 19.8. The van der Waals surface area contributed by atoms with E-state index in [1.807, 2.05) is 0 Å². The SMILES string of the molecule is Cc1cc(C)c(-c2cc(Oc3[c-]c4c(cc3)c3ccccc3n4-c3cc(C4(c5cc(C)c(C)c(C)c5)C5CC6CC(C5)CC4C6)ccn3)[c-]c(N3[CH-]N(C)c4ccccc43)c2)c(C)c1.[Pt]. The molecule has 6 aromatic carbocycles. The Labute approximate surface area is 398 Å². The molecule has 4 saturated carbocycles. The monoisotopic (exact) mass is 1030 g/mol. The van der Waals surface area contributed by atoms with Crippen LogP contribution in [0.15, 0.2) is 115 Å². The summed E-state index contributed by atoms with van der Waals surface area (Å²) in [6.45, 7) is 15.6. The molecule has 65 heavy (non-hydrogen) atoms. The van der Waals surface area contributed by atoms with Crippen LogP contribution < -0.4 is 14.5 Å². The summed E-state index contributed by atoms with van der Waals surface area (Å²) in [7, 11) is 2.09. The van der Waals surface area contributed by atoms with Gasteiger partial charge in [-0.15, -0.1) is 47.0 Å². The molecule has 0 spiro atoms. The maximum absolute atomic E-state index is 6.94. The molecule has 0 N–H and O–H groups in total. The summed E-state index contributed by atoms with van der Waals surface area (Å²) in [6, 6.07) is 47.7. The van der Waals surface area contributed by atoms with Gasteiger partial charge in [0.25, 0.3) is 0 Å². The smallest absolute Gasteiger partial charge is 0.135 e. The van der Waals surface area contributed by atoms with E-state index in [0.717, 1.165) is 56.7 Å². The summed E-state index contributed by atoms with van der Waals surface area (Å²) < 4.78 is 9.27. The van der Waals surface area contributed by atoms with E-state index in [0.29, 0.717) is 23.3 Å². The van der Waals surface area contributed by atoms with E-state index >= 15 is 0 Å². The molecule has 5 nitrogen and oxygen atoms in total. The van der Waals surface area contributed by atoms with Gasteiger partial charge in [-0.2, -0.15) is 12.7 Å². The number of aryl methyl sites for hydroxylation is 5. The zero-order chi connectivity index (χ0) is 43.6. The molecular weight excluding hydrogens is 976 g/mol. The minimum absolute atomic E-state index is 0. The largest absolute Gasteiger partial charge is 0.509 e. The second-order valence-electron chi connectivity index (χ2n) is 19.8. The van der Waals surface area contributed by atoms with Gasteiger partial charge in [0.1, 0.15) is 5.82 Å². The van der Waals surface area contributed by atoms with Crippen molar-refractivity contribution in [2.24, 2.45) is 23.7 Å². The number of nitrogens with zero attached hydrogens (tertiary/aromatic N) is 4. The van der Waals surface area contributed by atoms with Crippen LogP contribution in [0.2, 0.25) is 0 Å². The van der Waals surface area contributed by atoms with E-state index in [1.54, 1.807) is 0 Å². The molecule has 2 aromatic heterocycles. The number of aromatic nitrogens is 2. The van der Waals surface area contributed by atoms with Crippen LogP contribution in [0.4, 0.5) is 17.1 Å². The molecule has 330 valence electrons. The van der Waals surface area contributed by atoms with Crippen molar-refractivity contribution in [1.29, 1.82) is 0 Å². The molecular formula is C59H55N4OPt-3. The van der Waals surface area contributed by atoms with E-state index in [-0.39, 0.29) is 26.5 Å². The minimum Gasteiger partial charge on any atom is -0.509 e. The van der Waals surface area contributed by atoms with Gasteiger partial charge in [-0.25, -0.2) is 4.98 Å². The van der Waals surface area contributed by atoms with Crippen molar-refractivity contribution in [3.05, 3.63) is 179 Å². The molecule has 0 atom stereocenters. The van der Waals surface area contributed by atoms with Crippen LogP contribution in [0.3, 0.4) is 0 Å². The predicted molar refractivity (Wildman–Crippen MR) is 262 cm³/mol. The van der Waals surface area contributed by atoms with Crippen LogP contribution >= 0.6 is 0 Å². The molecule has 0 saturated heterocycles. The van der Waals surface area contributed by atoms with Crippen LogP contribution in [0, 0.1) is 84.0 Å². The Morgan fingerprint density at radius 1 is 0.646 bits per heavy atom. The van der Waals surface area contributed by atoms with E-state index in [1.165, 1.54) is 87.6 Å². The minimum atomic E-state index is -0.0418. The molecule has 0 unspecified atom stereocenters. The van der Waals surface area contributed by atoms with E-state index in [2.05, 4.69) is 197 Å². The molecule has 1 aliphatic heterocycles. The van der Waals surface area contributed by atoms with Crippen LogP contribution in [0.25, 0.3) is 38.8 Å². The number of benzene rings is 6. The first-order valence-corrected chi connectivity index (χ1v) is 23.3. The topological polar surface area (TPSA) is 33.5 Å². The number of fused-ring (bicyclic) bond motifs is 4. The number of anilines is 3. The molecule has 5 aliphatic rings. The molecule has 3 heterocycles. The van der Waals surface area contributed by atoms with Gasteiger partial charge in [-0.1, -0.05) is 65.7 Å². The Hall–Kier alpha value is -5.64. The summed E-state index contributed by atoms with van der Waals surface area (Å²) in [4.78, 5) is 9.59. The normalized spacial score (nSPS) is 21.9. The van der Waals surface area contributed by atoms with Crippen molar-refractivity contribution in [2.45, 2.75) is 79.1 Å². The van der Waals surface area contributed by atoms with Gasteiger partial charge in [0.2, 0.25) is 0 Å². The van der Waals surface area contributed by atoms with Gasteiger partial charge in [0.05, 0.1) is 0 Å². The number of pyridine rings is 1. The fourth-order valence-corrected chi connectivity index (χ4v) is 13.3. The Balaban J connectivity index is 0.00000469. The average molecular weight is 1030 g/mol. The third-order valence-electron chi connectivity index (χ3n) is 15.9. The molecule has 0 amide bonds. The van der Waals surface area contributed by atoms with Crippen molar-refractivity contribution >= 4 is 38.9 Å². The molecule has 4 bridgehead atoms. The summed E-state index contributed by atoms with van der Waals surface area (Å²) >= 11 is 0. The van der Waals surface area contributed by atoms with E-state index in [4.69, 9.17) is 9.72 Å². The third kappa shape index (κ3) is 6.62. The summed E-state index contributed by atoms with van der Waals surface area (Å²) in [5.74, 6) is 5.18. The van der Waals surface area contributed by atoms with Gasteiger partial charge >= 0.3 is 0 Å². The summed E-state index contributed by atoms with van der Waals surface area (Å²) in [6.07, 6.45) is 8.79. The van der Waals surface area contributed by atoms with Crippen molar-refractivity contribution in [2.75, 3.05) is 16.8 Å². The first kappa shape index (κ1) is 42.0. The predicted octanol–water partition coefficient (Wildman–Crippen LogP) is 14.5. The Morgan fingerprint density at radius 2 is 1.32 bits per heavy atom. The van der Waals surface area contributed by atoms with Gasteiger partial charge < -0.3 is 19.1 Å². The van der Waals surface area contributed by atoms with Crippen molar-refractivity contribution < 1.29 is 25.8 Å². The third-order valence-corrected chi connectivity index (χ3v) is 15.9. The van der Waals surface area contributed by atoms with Crippen LogP contribution in [0.1, 0.15) is 76.6 Å². The molecule has 6 heteroatoms. The molecule has 4 fully saturated rings. The number of ether oxygens (including phenoxy) is 1. The molecule has 8 aromatic rings. The second kappa shape index (κ2) is 15.8. The first-order chi connectivity index (χ1) is 31.0. The van der Waals surface area contributed by atoms with E-state index in [9.17, 15) is 0 Å². The molecule has 13 rings (SSSR count). The Bertz CT molecular complexity index is 3120. The fraction of sp³-hybridized carbons (Fsp3) is 0.288. The Kier molecular flexibility index (Phi) is 10.2. The number of hydrogen-bond donors (Lipinski definition) is 0. The average Bonchev–Trinajstić information content (AvgIpc) is 3.79. The number of hydrogen-bond acceptors (Lipinski definition) is 4. The van der Waals surface area contributed by atoms with Crippen molar-refractivity contribution in [1.82, 2.24) is 9.55 Å². The van der Waals surface area contributed by atoms with E-state index < -0.39 is 0 Å². The number of para-hydroxylation sites is 3. The number of rotatable bonds is 7. The Morgan fingerprint density at radius 3 is 2.05 bits per heavy atom. The maximum atomic E-state index is 6.94. The van der Waals surface area contributed by atoms with Crippen LogP contribution in [-0.2, 0) is 26.5 Å². The van der Waals surface area contributed by atoms with Crippen molar-refractivity contribution in [3.63, 3.8) is 0 Å². The van der Waals surface area contributed by atoms with Crippen LogP contribution in [-0.4, -0.2) is 16.6 Å². The van der Waals surface area contributed by atoms with Crippen molar-refractivity contribution in [3.8, 4) is 28.4 Å². The fourth-order valence-electron chi connectivity index (χ4n) is 13.3. The van der Waals surface area contributed by atoms with Gasteiger partial charge in [0, 0.05) is 61.1 Å². The first-order valence-electron chi connectivity index (χ1n) is 23.3. The zero-order valence-corrected chi connectivity index (χ0v) is 40.7. The zero-order valence-electron chi connectivity index (χ0n) is 38.4. The summed E-state index contributed by atoms with van der Waals surface area (Å²) in [5, 5.41) is 2.30. The molecule has 4 aliphatic carbocycles. The van der Waals surface area contributed by atoms with Gasteiger partial charge in [-0.3, -0.25) is 0 Å². The quantitative estimate of drug-likeness (QED) is 0.149. The summed E-state index contributed by atoms with van der Waals surface area (Å²) in [5.41, 5.74) is 18.4. The molecule has 0 radical (unpaired) electrons. The van der Waals surface area contributed by atoms with Crippen LogP contribution in [0.5, 0.6) is 11.5 Å².